The zero-order valence-electron chi connectivity index (χ0n) is 12.7. The van der Waals surface area contributed by atoms with E-state index in [4.69, 9.17) is 0 Å². The first kappa shape index (κ1) is 17.7. The summed E-state index contributed by atoms with van der Waals surface area (Å²) < 4.78 is 25.2. The second-order valence-electron chi connectivity index (χ2n) is 4.89. The maximum atomic E-state index is 11.6. The number of aryl methyl sites for hydroxylation is 1. The molecular formula is C15H24N2O3S. The van der Waals surface area contributed by atoms with Crippen molar-refractivity contribution in [3.63, 3.8) is 0 Å². The molecule has 1 N–H and O–H groups in total. The smallest absolute Gasteiger partial charge is 0.219 e. The number of nitrogens with zero attached hydrogens (tertiary/aromatic N) is 1. The van der Waals surface area contributed by atoms with Crippen molar-refractivity contribution < 1.29 is 13.2 Å². The van der Waals surface area contributed by atoms with Crippen molar-refractivity contribution >= 4 is 15.9 Å². The molecular weight excluding hydrogens is 288 g/mol. The Morgan fingerprint density at radius 3 is 2.43 bits per heavy atom. The number of amides is 1. The second kappa shape index (κ2) is 8.79. The van der Waals surface area contributed by atoms with Crippen LogP contribution in [0.5, 0.6) is 0 Å². The summed E-state index contributed by atoms with van der Waals surface area (Å²) in [6.07, 6.45) is 1.77. The van der Waals surface area contributed by atoms with Crippen LogP contribution < -0.4 is 4.72 Å². The Morgan fingerprint density at radius 2 is 1.86 bits per heavy atom. The van der Waals surface area contributed by atoms with Crippen LogP contribution in [0.3, 0.4) is 0 Å². The highest BCUT2D eigenvalue weighted by atomic mass is 32.2. The minimum Gasteiger partial charge on any atom is -0.342 e. The van der Waals surface area contributed by atoms with Crippen molar-refractivity contribution in [2.45, 2.75) is 26.7 Å². The lowest BCUT2D eigenvalue weighted by atomic mass is 10.1. The summed E-state index contributed by atoms with van der Waals surface area (Å²) in [7, 11) is -3.19. The van der Waals surface area contributed by atoms with Gasteiger partial charge in [0.15, 0.2) is 0 Å². The molecule has 1 amide bonds. The molecule has 0 aliphatic heterocycles. The monoisotopic (exact) mass is 312 g/mol. The molecule has 0 aliphatic rings. The van der Waals surface area contributed by atoms with Gasteiger partial charge in [0.1, 0.15) is 0 Å². The zero-order valence-corrected chi connectivity index (χ0v) is 13.5. The summed E-state index contributed by atoms with van der Waals surface area (Å²) in [5.41, 5.74) is 1.24. The third-order valence-electron chi connectivity index (χ3n) is 3.27. The molecule has 0 heterocycles. The SMILES string of the molecule is CCS(=O)(=O)NCCN(CCCc1ccccc1)C(C)=O. The van der Waals surface area contributed by atoms with E-state index in [-0.39, 0.29) is 18.2 Å². The van der Waals surface area contributed by atoms with Crippen LogP contribution in [-0.2, 0) is 21.2 Å². The van der Waals surface area contributed by atoms with Gasteiger partial charge in [0.25, 0.3) is 0 Å². The van der Waals surface area contributed by atoms with Gasteiger partial charge in [-0.15, -0.1) is 0 Å². The normalized spacial score (nSPS) is 11.3. The standard InChI is InChI=1S/C15H24N2O3S/c1-3-21(19,20)16-11-13-17(14(2)18)12-7-10-15-8-5-4-6-9-15/h4-6,8-9,16H,3,7,10-13H2,1-2H3. The fraction of sp³-hybridized carbons (Fsp3) is 0.533. The van der Waals surface area contributed by atoms with E-state index in [0.717, 1.165) is 12.8 Å². The van der Waals surface area contributed by atoms with E-state index in [1.807, 2.05) is 18.2 Å². The molecule has 0 unspecified atom stereocenters. The van der Waals surface area contributed by atoms with Gasteiger partial charge in [0.2, 0.25) is 15.9 Å². The molecule has 0 fully saturated rings. The van der Waals surface area contributed by atoms with Gasteiger partial charge in [-0.3, -0.25) is 4.79 Å². The summed E-state index contributed by atoms with van der Waals surface area (Å²) in [4.78, 5) is 13.2. The first-order valence-corrected chi connectivity index (χ1v) is 8.86. The van der Waals surface area contributed by atoms with E-state index >= 15 is 0 Å². The molecule has 0 spiro atoms. The Morgan fingerprint density at radius 1 is 1.19 bits per heavy atom. The Kier molecular flexibility index (Phi) is 7.39. The Hall–Kier alpha value is -1.40. The Labute approximate surface area is 127 Å². The van der Waals surface area contributed by atoms with E-state index < -0.39 is 10.0 Å². The number of hydrogen-bond acceptors (Lipinski definition) is 3. The van der Waals surface area contributed by atoms with Gasteiger partial charge in [-0.25, -0.2) is 13.1 Å². The molecule has 1 rings (SSSR count). The fourth-order valence-electron chi connectivity index (χ4n) is 1.98. The van der Waals surface area contributed by atoms with Crippen LogP contribution in [0.2, 0.25) is 0 Å². The molecule has 0 saturated carbocycles. The third-order valence-corrected chi connectivity index (χ3v) is 4.67. The highest BCUT2D eigenvalue weighted by Crippen LogP contribution is 2.03. The lowest BCUT2D eigenvalue weighted by molar-refractivity contribution is -0.128. The van der Waals surface area contributed by atoms with Gasteiger partial charge in [0.05, 0.1) is 5.75 Å². The van der Waals surface area contributed by atoms with Gasteiger partial charge in [0, 0.05) is 26.6 Å². The molecule has 0 saturated heterocycles. The van der Waals surface area contributed by atoms with Crippen LogP contribution >= 0.6 is 0 Å². The van der Waals surface area contributed by atoms with Crippen molar-refractivity contribution in [1.29, 1.82) is 0 Å². The predicted molar refractivity (Wildman–Crippen MR) is 84.5 cm³/mol. The number of carbonyl (C=O) groups excluding carboxylic acids is 1. The molecule has 21 heavy (non-hydrogen) atoms. The van der Waals surface area contributed by atoms with Crippen molar-refractivity contribution in [3.8, 4) is 0 Å². The van der Waals surface area contributed by atoms with Crippen molar-refractivity contribution in [3.05, 3.63) is 35.9 Å². The first-order valence-electron chi connectivity index (χ1n) is 7.21. The number of sulfonamides is 1. The van der Waals surface area contributed by atoms with E-state index in [1.165, 1.54) is 12.5 Å². The van der Waals surface area contributed by atoms with Gasteiger partial charge in [-0.1, -0.05) is 30.3 Å². The fourth-order valence-corrected chi connectivity index (χ4v) is 2.59. The molecule has 5 nitrogen and oxygen atoms in total. The third kappa shape index (κ3) is 7.24. The molecule has 0 radical (unpaired) electrons. The zero-order chi connectivity index (χ0) is 15.7. The molecule has 0 aliphatic carbocycles. The second-order valence-corrected chi connectivity index (χ2v) is 6.99. The molecule has 118 valence electrons. The Bertz CT molecular complexity index is 529. The number of rotatable bonds is 9. The first-order chi connectivity index (χ1) is 9.94. The highest BCUT2D eigenvalue weighted by Gasteiger charge is 2.10. The molecule has 0 bridgehead atoms. The molecule has 0 atom stereocenters. The molecule has 1 aromatic carbocycles. The highest BCUT2D eigenvalue weighted by molar-refractivity contribution is 7.89. The van der Waals surface area contributed by atoms with Crippen molar-refractivity contribution in [2.24, 2.45) is 0 Å². The van der Waals surface area contributed by atoms with E-state index in [1.54, 1.807) is 11.8 Å². The summed E-state index contributed by atoms with van der Waals surface area (Å²) >= 11 is 0. The largest absolute Gasteiger partial charge is 0.342 e. The summed E-state index contributed by atoms with van der Waals surface area (Å²) in [5.74, 6) is 0.0277. The maximum absolute atomic E-state index is 11.6. The van der Waals surface area contributed by atoms with Crippen LogP contribution in [0, 0.1) is 0 Å². The number of nitrogens with one attached hydrogen (secondary N) is 1. The lowest BCUT2D eigenvalue weighted by Gasteiger charge is -2.21. The quantitative estimate of drug-likeness (QED) is 0.749. The van der Waals surface area contributed by atoms with Crippen LogP contribution in [-0.4, -0.2) is 44.6 Å². The number of carbonyl (C=O) groups is 1. The van der Waals surface area contributed by atoms with Crippen LogP contribution in [0.25, 0.3) is 0 Å². The topological polar surface area (TPSA) is 66.5 Å². The summed E-state index contributed by atoms with van der Waals surface area (Å²) in [6, 6.07) is 10.1. The lowest BCUT2D eigenvalue weighted by Crippen LogP contribution is -2.38. The minimum atomic E-state index is -3.19. The van der Waals surface area contributed by atoms with E-state index in [2.05, 4.69) is 16.9 Å². The van der Waals surface area contributed by atoms with Crippen LogP contribution in [0.4, 0.5) is 0 Å². The van der Waals surface area contributed by atoms with Crippen LogP contribution in [0.1, 0.15) is 25.8 Å². The van der Waals surface area contributed by atoms with E-state index in [0.29, 0.717) is 13.1 Å². The number of hydrogen-bond donors (Lipinski definition) is 1. The van der Waals surface area contributed by atoms with Gasteiger partial charge >= 0.3 is 0 Å². The average molecular weight is 312 g/mol. The molecule has 0 aromatic heterocycles. The van der Waals surface area contributed by atoms with Crippen molar-refractivity contribution in [1.82, 2.24) is 9.62 Å². The van der Waals surface area contributed by atoms with E-state index in [9.17, 15) is 13.2 Å². The van der Waals surface area contributed by atoms with Crippen molar-refractivity contribution in [2.75, 3.05) is 25.4 Å². The van der Waals surface area contributed by atoms with Gasteiger partial charge < -0.3 is 4.90 Å². The average Bonchev–Trinajstić information content (AvgIpc) is 2.46. The summed E-state index contributed by atoms with van der Waals surface area (Å²) in [6.45, 7) is 4.41. The molecule has 1 aromatic rings. The van der Waals surface area contributed by atoms with Gasteiger partial charge in [-0.05, 0) is 25.3 Å². The molecule has 6 heteroatoms. The Balaban J connectivity index is 2.35. The van der Waals surface area contributed by atoms with Crippen LogP contribution in [0.15, 0.2) is 30.3 Å². The maximum Gasteiger partial charge on any atom is 0.219 e. The number of benzene rings is 1. The predicted octanol–water partition coefficient (Wildman–Crippen LogP) is 1.41. The minimum absolute atomic E-state index is 0.0289. The van der Waals surface area contributed by atoms with Gasteiger partial charge in [-0.2, -0.15) is 0 Å². The summed E-state index contributed by atoms with van der Waals surface area (Å²) in [5, 5.41) is 0.